The lowest BCUT2D eigenvalue weighted by molar-refractivity contribution is -0.143. The van der Waals surface area contributed by atoms with Gasteiger partial charge < -0.3 is 15.5 Å². The number of carbonyl (C=O) groups excluding carboxylic acids is 2. The molecule has 0 bridgehead atoms. The van der Waals surface area contributed by atoms with Crippen LogP contribution in [0.1, 0.15) is 37.8 Å². The van der Waals surface area contributed by atoms with Gasteiger partial charge in [-0.15, -0.1) is 0 Å². The molecule has 3 aliphatic rings. The summed E-state index contributed by atoms with van der Waals surface area (Å²) in [6.07, 6.45) is 5.60. The van der Waals surface area contributed by atoms with Crippen molar-refractivity contribution in [2.24, 2.45) is 11.1 Å². The molecule has 0 radical (unpaired) electrons. The molecule has 8 heteroatoms. The van der Waals surface area contributed by atoms with Crippen LogP contribution in [0.5, 0.6) is 0 Å². The predicted octanol–water partition coefficient (Wildman–Crippen LogP) is -0.0359. The Morgan fingerprint density at radius 3 is 2.74 bits per heavy atom. The third-order valence-corrected chi connectivity index (χ3v) is 6.19. The predicted molar refractivity (Wildman–Crippen MR) is 99.8 cm³/mol. The Morgan fingerprint density at radius 2 is 2.07 bits per heavy atom. The second-order valence-electron chi connectivity index (χ2n) is 8.08. The molecule has 0 saturated carbocycles. The van der Waals surface area contributed by atoms with Crippen LogP contribution in [0.25, 0.3) is 0 Å². The third kappa shape index (κ3) is 3.97. The summed E-state index contributed by atoms with van der Waals surface area (Å²) in [5.74, 6) is 0.336. The van der Waals surface area contributed by atoms with Gasteiger partial charge in [0.2, 0.25) is 11.8 Å². The van der Waals surface area contributed by atoms with Gasteiger partial charge in [-0.2, -0.15) is 0 Å². The highest BCUT2D eigenvalue weighted by molar-refractivity contribution is 5.82. The number of hydrogen-bond donors (Lipinski definition) is 3. The van der Waals surface area contributed by atoms with Crippen molar-refractivity contribution in [3.05, 3.63) is 30.1 Å². The van der Waals surface area contributed by atoms with Crippen molar-refractivity contribution in [2.75, 3.05) is 19.6 Å². The number of rotatable bonds is 3. The number of nitrogens with zero attached hydrogens (tertiary/aromatic N) is 3. The van der Waals surface area contributed by atoms with Crippen LogP contribution in [0, 0.1) is 5.41 Å². The Hall–Kier alpha value is -2.03. The number of hydrogen-bond acceptors (Lipinski definition) is 6. The van der Waals surface area contributed by atoms with E-state index in [1.165, 1.54) is 0 Å². The maximum absolute atomic E-state index is 12.7. The van der Waals surface area contributed by atoms with Gasteiger partial charge >= 0.3 is 0 Å². The lowest BCUT2D eigenvalue weighted by atomic mass is 9.72. The molecule has 3 aliphatic heterocycles. The first kappa shape index (κ1) is 18.3. The lowest BCUT2D eigenvalue weighted by Gasteiger charge is -2.47. The van der Waals surface area contributed by atoms with E-state index >= 15 is 0 Å². The molecule has 8 nitrogen and oxygen atoms in total. The van der Waals surface area contributed by atoms with Gasteiger partial charge in [0.05, 0.1) is 18.4 Å². The van der Waals surface area contributed by atoms with Crippen LogP contribution < -0.4 is 16.6 Å². The summed E-state index contributed by atoms with van der Waals surface area (Å²) in [5.41, 5.74) is 12.8. The maximum Gasteiger partial charge on any atom is 0.241 e. The fourth-order valence-electron chi connectivity index (χ4n) is 4.51. The molecule has 3 saturated heterocycles. The van der Waals surface area contributed by atoms with E-state index in [-0.39, 0.29) is 29.4 Å². The number of hydrazine groups is 1. The molecule has 146 valence electrons. The molecule has 0 aromatic carbocycles. The van der Waals surface area contributed by atoms with Crippen molar-refractivity contribution >= 4 is 11.8 Å². The zero-order valence-corrected chi connectivity index (χ0v) is 15.6. The Balaban J connectivity index is 1.35. The molecule has 2 unspecified atom stereocenters. The Kier molecular flexibility index (Phi) is 5.12. The molecular formula is C19H28N6O2. The number of nitrogens with two attached hydrogens (primary N) is 1. The van der Waals surface area contributed by atoms with Crippen molar-refractivity contribution in [1.29, 1.82) is 0 Å². The molecule has 4 heterocycles. The van der Waals surface area contributed by atoms with Gasteiger partial charge in [-0.3, -0.25) is 14.6 Å². The molecule has 1 spiro atoms. The summed E-state index contributed by atoms with van der Waals surface area (Å²) in [7, 11) is 0. The van der Waals surface area contributed by atoms with Crippen LogP contribution >= 0.6 is 0 Å². The van der Waals surface area contributed by atoms with Crippen LogP contribution in [0.2, 0.25) is 0 Å². The van der Waals surface area contributed by atoms with E-state index in [1.54, 1.807) is 6.20 Å². The van der Waals surface area contributed by atoms with Gasteiger partial charge in [0.15, 0.2) is 0 Å². The van der Waals surface area contributed by atoms with E-state index < -0.39 is 0 Å². The first-order chi connectivity index (χ1) is 13.0. The summed E-state index contributed by atoms with van der Waals surface area (Å²) in [6.45, 7) is 2.83. The number of amides is 2. The number of carbonyl (C=O) groups is 2. The number of aromatic nitrogens is 1. The summed E-state index contributed by atoms with van der Waals surface area (Å²) in [6, 6.07) is 5.57. The first-order valence-corrected chi connectivity index (χ1v) is 9.78. The van der Waals surface area contributed by atoms with Crippen LogP contribution in [-0.2, 0) is 16.1 Å². The second-order valence-corrected chi connectivity index (χ2v) is 8.08. The van der Waals surface area contributed by atoms with Crippen LogP contribution in [0.4, 0.5) is 0 Å². The van der Waals surface area contributed by atoms with Gasteiger partial charge in [-0.25, -0.2) is 10.9 Å². The first-order valence-electron chi connectivity index (χ1n) is 9.78. The molecule has 1 aromatic rings. The van der Waals surface area contributed by atoms with Gasteiger partial charge in [0.1, 0.15) is 6.04 Å². The highest BCUT2D eigenvalue weighted by atomic mass is 16.2. The smallest absolute Gasteiger partial charge is 0.241 e. The third-order valence-electron chi connectivity index (χ3n) is 6.19. The summed E-state index contributed by atoms with van der Waals surface area (Å²) >= 11 is 0. The minimum atomic E-state index is -0.234. The fourth-order valence-corrected chi connectivity index (χ4v) is 4.51. The molecule has 4 N–H and O–H groups in total. The van der Waals surface area contributed by atoms with E-state index in [1.807, 2.05) is 28.0 Å². The minimum absolute atomic E-state index is 0.122. The van der Waals surface area contributed by atoms with Crippen molar-refractivity contribution in [1.82, 2.24) is 25.6 Å². The van der Waals surface area contributed by atoms with E-state index in [0.717, 1.165) is 44.6 Å². The van der Waals surface area contributed by atoms with E-state index in [0.29, 0.717) is 19.4 Å². The zero-order valence-electron chi connectivity index (χ0n) is 15.6. The standard InChI is InChI=1S/C19H28N6O2/c20-16-11-15(22-23-16)18(27)24-9-6-19(7-10-24)5-4-17(26)25(13-19)12-14-3-1-2-8-21-14/h1-3,8,15-16,22-23H,4-7,9-13,20H2. The molecule has 27 heavy (non-hydrogen) atoms. The van der Waals surface area contributed by atoms with Crippen molar-refractivity contribution in [3.8, 4) is 0 Å². The van der Waals surface area contributed by atoms with Gasteiger partial charge in [-0.05, 0) is 36.8 Å². The molecule has 4 rings (SSSR count). The number of pyridine rings is 1. The average Bonchev–Trinajstić information content (AvgIpc) is 3.12. The van der Waals surface area contributed by atoms with Gasteiger partial charge in [0.25, 0.3) is 0 Å². The number of piperidine rings is 2. The minimum Gasteiger partial charge on any atom is -0.341 e. The number of nitrogens with one attached hydrogen (secondary N) is 2. The Labute approximate surface area is 159 Å². The van der Waals surface area contributed by atoms with Crippen LogP contribution in [-0.4, -0.2) is 58.4 Å². The van der Waals surface area contributed by atoms with Crippen molar-refractivity contribution in [2.45, 2.75) is 50.9 Å². The molecule has 2 amide bonds. The van der Waals surface area contributed by atoms with Crippen LogP contribution in [0.3, 0.4) is 0 Å². The SMILES string of the molecule is NC1CC(C(=O)N2CCC3(CCC(=O)N(Cc4ccccn4)C3)CC2)NN1. The van der Waals surface area contributed by atoms with E-state index in [4.69, 9.17) is 5.73 Å². The summed E-state index contributed by atoms with van der Waals surface area (Å²) in [5, 5.41) is 0. The zero-order chi connectivity index (χ0) is 18.9. The largest absolute Gasteiger partial charge is 0.341 e. The number of likely N-dealkylation sites (tertiary alicyclic amines) is 2. The highest BCUT2D eigenvalue weighted by Gasteiger charge is 2.42. The molecular weight excluding hydrogens is 344 g/mol. The van der Waals surface area contributed by atoms with Gasteiger partial charge in [0, 0.05) is 38.7 Å². The van der Waals surface area contributed by atoms with Crippen LogP contribution in [0.15, 0.2) is 24.4 Å². The topological polar surface area (TPSA) is 104 Å². The fraction of sp³-hybridized carbons (Fsp3) is 0.632. The Morgan fingerprint density at radius 1 is 1.26 bits per heavy atom. The monoisotopic (exact) mass is 372 g/mol. The van der Waals surface area contributed by atoms with E-state index in [2.05, 4.69) is 15.8 Å². The van der Waals surface area contributed by atoms with Crippen molar-refractivity contribution in [3.63, 3.8) is 0 Å². The van der Waals surface area contributed by atoms with E-state index in [9.17, 15) is 9.59 Å². The molecule has 0 aliphatic carbocycles. The normalized spacial score (nSPS) is 28.0. The highest BCUT2D eigenvalue weighted by Crippen LogP contribution is 2.40. The molecule has 3 fully saturated rings. The molecule has 2 atom stereocenters. The molecule has 1 aromatic heterocycles. The maximum atomic E-state index is 12.7. The summed E-state index contributed by atoms with van der Waals surface area (Å²) in [4.78, 5) is 33.3. The quantitative estimate of drug-likeness (QED) is 0.688. The Bertz CT molecular complexity index is 689. The summed E-state index contributed by atoms with van der Waals surface area (Å²) < 4.78 is 0. The van der Waals surface area contributed by atoms with Crippen molar-refractivity contribution < 1.29 is 9.59 Å². The average molecular weight is 372 g/mol. The lowest BCUT2D eigenvalue weighted by Crippen LogP contribution is -2.54. The second kappa shape index (κ2) is 7.53. The van der Waals surface area contributed by atoms with Gasteiger partial charge in [-0.1, -0.05) is 6.07 Å².